The molecule has 2 heteroatoms. The Balaban J connectivity index is 1.97. The normalized spacial score (nSPS) is 26.1. The third-order valence-electron chi connectivity index (χ3n) is 3.24. The van der Waals surface area contributed by atoms with E-state index in [-0.39, 0.29) is 6.10 Å². The summed E-state index contributed by atoms with van der Waals surface area (Å²) in [5, 5.41) is 9.94. The van der Waals surface area contributed by atoms with Crippen LogP contribution in [0.15, 0.2) is 24.3 Å². The van der Waals surface area contributed by atoms with Crippen LogP contribution in [0.5, 0.6) is 5.75 Å². The number of aliphatic hydroxyl groups excluding tert-OH is 1. The molecule has 3 unspecified atom stereocenters. The van der Waals surface area contributed by atoms with Crippen LogP contribution >= 0.6 is 0 Å². The quantitative estimate of drug-likeness (QED) is 0.818. The number of aliphatic hydroxyl groups is 1. The summed E-state index contributed by atoms with van der Waals surface area (Å²) >= 11 is 0. The summed E-state index contributed by atoms with van der Waals surface area (Å²) in [5.41, 5.74) is 1.15. The minimum atomic E-state index is -0.188. The van der Waals surface area contributed by atoms with Gasteiger partial charge in [0.2, 0.25) is 0 Å². The molecule has 82 valence electrons. The van der Waals surface area contributed by atoms with Crippen molar-refractivity contribution in [2.24, 2.45) is 11.8 Å². The maximum absolute atomic E-state index is 9.94. The average Bonchev–Trinajstić information content (AvgIpc) is 2.96. The van der Waals surface area contributed by atoms with E-state index in [1.54, 1.807) is 7.11 Å². The number of hydrogen-bond acceptors (Lipinski definition) is 2. The molecule has 1 aliphatic carbocycles. The first-order valence-corrected chi connectivity index (χ1v) is 5.51. The molecule has 1 N–H and O–H groups in total. The van der Waals surface area contributed by atoms with E-state index in [0.29, 0.717) is 11.8 Å². The smallest absolute Gasteiger partial charge is 0.119 e. The summed E-state index contributed by atoms with van der Waals surface area (Å²) in [6.07, 6.45) is 1.73. The largest absolute Gasteiger partial charge is 0.497 e. The SMILES string of the molecule is COc1cccc(CC(O)C2CC2C)c1. The topological polar surface area (TPSA) is 29.5 Å². The van der Waals surface area contributed by atoms with Crippen molar-refractivity contribution >= 4 is 0 Å². The first-order chi connectivity index (χ1) is 7.20. The van der Waals surface area contributed by atoms with E-state index in [9.17, 15) is 5.11 Å². The lowest BCUT2D eigenvalue weighted by Gasteiger charge is -2.10. The van der Waals surface area contributed by atoms with Gasteiger partial charge in [-0.15, -0.1) is 0 Å². The molecular weight excluding hydrogens is 188 g/mol. The fourth-order valence-electron chi connectivity index (χ4n) is 2.08. The van der Waals surface area contributed by atoms with Gasteiger partial charge in [-0.3, -0.25) is 0 Å². The summed E-state index contributed by atoms with van der Waals surface area (Å²) in [7, 11) is 1.67. The van der Waals surface area contributed by atoms with Gasteiger partial charge in [0.1, 0.15) is 5.75 Å². The Hall–Kier alpha value is -1.02. The molecule has 15 heavy (non-hydrogen) atoms. The highest BCUT2D eigenvalue weighted by molar-refractivity contribution is 5.29. The Morgan fingerprint density at radius 3 is 2.87 bits per heavy atom. The second-order valence-electron chi connectivity index (χ2n) is 4.50. The fraction of sp³-hybridized carbons (Fsp3) is 0.538. The molecule has 0 spiro atoms. The Bertz CT molecular complexity index is 335. The van der Waals surface area contributed by atoms with E-state index in [1.165, 1.54) is 6.42 Å². The van der Waals surface area contributed by atoms with Gasteiger partial charge in [0.15, 0.2) is 0 Å². The van der Waals surface area contributed by atoms with E-state index in [0.717, 1.165) is 17.7 Å². The molecule has 0 heterocycles. The summed E-state index contributed by atoms with van der Waals surface area (Å²) in [5.74, 6) is 2.07. The number of rotatable bonds is 4. The van der Waals surface area contributed by atoms with Crippen molar-refractivity contribution in [1.29, 1.82) is 0 Å². The van der Waals surface area contributed by atoms with Crippen LogP contribution in [0.25, 0.3) is 0 Å². The van der Waals surface area contributed by atoms with Gasteiger partial charge in [0.05, 0.1) is 13.2 Å². The summed E-state index contributed by atoms with van der Waals surface area (Å²) in [4.78, 5) is 0. The van der Waals surface area contributed by atoms with Crippen molar-refractivity contribution < 1.29 is 9.84 Å². The van der Waals surface area contributed by atoms with E-state index in [4.69, 9.17) is 4.74 Å². The van der Waals surface area contributed by atoms with Gasteiger partial charge in [-0.25, -0.2) is 0 Å². The number of hydrogen-bond donors (Lipinski definition) is 1. The van der Waals surface area contributed by atoms with Crippen LogP contribution in [-0.2, 0) is 6.42 Å². The Labute approximate surface area is 90.9 Å². The predicted octanol–water partition coefficient (Wildman–Crippen LogP) is 2.25. The summed E-state index contributed by atoms with van der Waals surface area (Å²) < 4.78 is 5.15. The molecular formula is C13H18O2. The molecule has 0 aromatic heterocycles. The van der Waals surface area contributed by atoms with Crippen molar-refractivity contribution in [2.75, 3.05) is 7.11 Å². The van der Waals surface area contributed by atoms with Gasteiger partial charge in [-0.05, 0) is 42.4 Å². The van der Waals surface area contributed by atoms with E-state index in [2.05, 4.69) is 6.92 Å². The second-order valence-corrected chi connectivity index (χ2v) is 4.50. The zero-order valence-corrected chi connectivity index (χ0v) is 9.31. The molecule has 1 aromatic carbocycles. The van der Waals surface area contributed by atoms with Crippen LogP contribution in [0, 0.1) is 11.8 Å². The van der Waals surface area contributed by atoms with Crippen LogP contribution in [0.1, 0.15) is 18.9 Å². The van der Waals surface area contributed by atoms with Crippen LogP contribution < -0.4 is 4.74 Å². The molecule has 0 saturated heterocycles. The van der Waals surface area contributed by atoms with Crippen molar-refractivity contribution in [2.45, 2.75) is 25.9 Å². The maximum Gasteiger partial charge on any atom is 0.119 e. The standard InChI is InChI=1S/C13H18O2/c1-9-6-12(9)13(14)8-10-4-3-5-11(7-10)15-2/h3-5,7,9,12-14H,6,8H2,1-2H3. The molecule has 0 aliphatic heterocycles. The molecule has 0 bridgehead atoms. The molecule has 2 rings (SSSR count). The third kappa shape index (κ3) is 2.51. The average molecular weight is 206 g/mol. The Morgan fingerprint density at radius 1 is 1.53 bits per heavy atom. The van der Waals surface area contributed by atoms with Crippen LogP contribution in [-0.4, -0.2) is 18.3 Å². The third-order valence-corrected chi connectivity index (χ3v) is 3.24. The van der Waals surface area contributed by atoms with Gasteiger partial charge in [-0.1, -0.05) is 19.1 Å². The van der Waals surface area contributed by atoms with Crippen LogP contribution in [0.2, 0.25) is 0 Å². The second kappa shape index (κ2) is 4.23. The van der Waals surface area contributed by atoms with Gasteiger partial charge in [-0.2, -0.15) is 0 Å². The van der Waals surface area contributed by atoms with Gasteiger partial charge in [0.25, 0.3) is 0 Å². The molecule has 1 aromatic rings. The maximum atomic E-state index is 9.94. The summed E-state index contributed by atoms with van der Waals surface area (Å²) in [6.45, 7) is 2.19. The van der Waals surface area contributed by atoms with Crippen LogP contribution in [0.3, 0.4) is 0 Å². The predicted molar refractivity (Wildman–Crippen MR) is 60.0 cm³/mol. The highest BCUT2D eigenvalue weighted by Crippen LogP contribution is 2.41. The lowest BCUT2D eigenvalue weighted by Crippen LogP contribution is -2.13. The minimum absolute atomic E-state index is 0.188. The van der Waals surface area contributed by atoms with Gasteiger partial charge < -0.3 is 9.84 Å². The lowest BCUT2D eigenvalue weighted by atomic mass is 10.0. The Morgan fingerprint density at radius 2 is 2.27 bits per heavy atom. The molecule has 0 amide bonds. The van der Waals surface area contributed by atoms with Crippen molar-refractivity contribution in [3.8, 4) is 5.75 Å². The molecule has 0 radical (unpaired) electrons. The lowest BCUT2D eigenvalue weighted by molar-refractivity contribution is 0.146. The van der Waals surface area contributed by atoms with Crippen LogP contribution in [0.4, 0.5) is 0 Å². The first-order valence-electron chi connectivity index (χ1n) is 5.51. The van der Waals surface area contributed by atoms with E-state index >= 15 is 0 Å². The highest BCUT2D eigenvalue weighted by atomic mass is 16.5. The zero-order chi connectivity index (χ0) is 10.8. The molecule has 3 atom stereocenters. The van der Waals surface area contributed by atoms with Crippen molar-refractivity contribution in [3.63, 3.8) is 0 Å². The first kappa shape index (κ1) is 10.5. The molecule has 2 nitrogen and oxygen atoms in total. The van der Waals surface area contributed by atoms with Gasteiger partial charge in [0, 0.05) is 0 Å². The number of benzene rings is 1. The monoisotopic (exact) mass is 206 g/mol. The summed E-state index contributed by atoms with van der Waals surface area (Å²) in [6, 6.07) is 7.93. The minimum Gasteiger partial charge on any atom is -0.497 e. The Kier molecular flexibility index (Phi) is 2.96. The highest BCUT2D eigenvalue weighted by Gasteiger charge is 2.38. The van der Waals surface area contributed by atoms with E-state index in [1.807, 2.05) is 24.3 Å². The molecule has 1 saturated carbocycles. The van der Waals surface area contributed by atoms with Gasteiger partial charge >= 0.3 is 0 Å². The number of methoxy groups -OCH3 is 1. The van der Waals surface area contributed by atoms with Crippen molar-refractivity contribution in [1.82, 2.24) is 0 Å². The molecule has 1 fully saturated rings. The molecule has 1 aliphatic rings. The number of ether oxygens (including phenoxy) is 1. The van der Waals surface area contributed by atoms with Crippen molar-refractivity contribution in [3.05, 3.63) is 29.8 Å². The zero-order valence-electron chi connectivity index (χ0n) is 9.31. The van der Waals surface area contributed by atoms with E-state index < -0.39 is 0 Å². The fourth-order valence-corrected chi connectivity index (χ4v) is 2.08.